The topological polar surface area (TPSA) is 76.1 Å². The lowest BCUT2D eigenvalue weighted by Crippen LogP contribution is -2.29. The van der Waals surface area contributed by atoms with E-state index in [-0.39, 0.29) is 11.3 Å². The van der Waals surface area contributed by atoms with Crippen molar-refractivity contribution in [2.45, 2.75) is 33.7 Å². The summed E-state index contributed by atoms with van der Waals surface area (Å²) in [4.78, 5) is 28.2. The van der Waals surface area contributed by atoms with E-state index in [1.807, 2.05) is 44.2 Å². The first-order valence-corrected chi connectivity index (χ1v) is 12.0. The number of aliphatic hydroxyl groups is 1. The van der Waals surface area contributed by atoms with Crippen LogP contribution in [0.25, 0.3) is 5.76 Å². The number of nitrogens with zero attached hydrogens (tertiary/aromatic N) is 1. The Balaban J connectivity index is 1.89. The molecule has 3 aromatic carbocycles. The number of para-hydroxylation sites is 1. The van der Waals surface area contributed by atoms with Crippen molar-refractivity contribution in [3.05, 3.63) is 94.6 Å². The van der Waals surface area contributed by atoms with E-state index in [1.54, 1.807) is 36.4 Å². The molecule has 0 radical (unpaired) electrons. The van der Waals surface area contributed by atoms with Gasteiger partial charge in [-0.25, -0.2) is 0 Å². The molecule has 1 atom stereocenters. The Bertz CT molecular complexity index is 1340. The van der Waals surface area contributed by atoms with Crippen molar-refractivity contribution in [3.8, 4) is 11.5 Å². The van der Waals surface area contributed by atoms with Crippen LogP contribution in [0.5, 0.6) is 11.5 Å². The van der Waals surface area contributed by atoms with Gasteiger partial charge in [-0.3, -0.25) is 14.5 Å². The van der Waals surface area contributed by atoms with Crippen LogP contribution in [0, 0.1) is 19.8 Å². The number of hydrogen-bond donors (Lipinski definition) is 1. The van der Waals surface area contributed by atoms with Gasteiger partial charge in [-0.1, -0.05) is 44.2 Å². The van der Waals surface area contributed by atoms with Gasteiger partial charge < -0.3 is 14.6 Å². The molecule has 1 saturated heterocycles. The highest BCUT2D eigenvalue weighted by Gasteiger charge is 2.48. The van der Waals surface area contributed by atoms with Gasteiger partial charge in [0.25, 0.3) is 11.7 Å². The van der Waals surface area contributed by atoms with Gasteiger partial charge in [-0.15, -0.1) is 0 Å². The van der Waals surface area contributed by atoms with Crippen molar-refractivity contribution in [1.82, 2.24) is 0 Å². The maximum absolute atomic E-state index is 13.4. The number of amides is 1. The Morgan fingerprint density at radius 2 is 1.72 bits per heavy atom. The predicted molar refractivity (Wildman–Crippen MR) is 140 cm³/mol. The molecule has 4 rings (SSSR count). The van der Waals surface area contributed by atoms with E-state index < -0.39 is 17.7 Å². The lowest BCUT2D eigenvalue weighted by Gasteiger charge is -2.27. The summed E-state index contributed by atoms with van der Waals surface area (Å²) < 4.78 is 11.4. The minimum Gasteiger partial charge on any atom is -0.507 e. The molecule has 1 N–H and O–H groups in total. The van der Waals surface area contributed by atoms with Crippen LogP contribution < -0.4 is 14.4 Å². The number of ether oxygens (including phenoxy) is 2. The lowest BCUT2D eigenvalue weighted by molar-refractivity contribution is -0.132. The Labute approximate surface area is 211 Å². The van der Waals surface area contributed by atoms with Gasteiger partial charge in [0.1, 0.15) is 17.3 Å². The number of hydrogen-bond acceptors (Lipinski definition) is 5. The highest BCUT2D eigenvalue weighted by Crippen LogP contribution is 2.45. The lowest BCUT2D eigenvalue weighted by atomic mass is 9.94. The minimum absolute atomic E-state index is 0.0151. The number of methoxy groups -OCH3 is 1. The van der Waals surface area contributed by atoms with E-state index in [0.717, 1.165) is 11.1 Å². The summed E-state index contributed by atoms with van der Waals surface area (Å²) in [6, 6.07) is 19.0. The maximum Gasteiger partial charge on any atom is 0.300 e. The second kappa shape index (κ2) is 10.3. The smallest absolute Gasteiger partial charge is 0.300 e. The summed E-state index contributed by atoms with van der Waals surface area (Å²) in [6.07, 6.45) is 0. The van der Waals surface area contributed by atoms with Crippen LogP contribution in [-0.2, 0) is 9.59 Å². The van der Waals surface area contributed by atoms with Gasteiger partial charge in [0.15, 0.2) is 0 Å². The highest BCUT2D eigenvalue weighted by atomic mass is 16.5. The Kier molecular flexibility index (Phi) is 7.15. The zero-order valence-electron chi connectivity index (χ0n) is 21.2. The molecule has 186 valence electrons. The monoisotopic (exact) mass is 485 g/mol. The van der Waals surface area contributed by atoms with E-state index in [2.05, 4.69) is 13.8 Å². The number of rotatable bonds is 7. The summed E-state index contributed by atoms with van der Waals surface area (Å²) in [5.74, 6) is -0.0912. The molecule has 1 aliphatic heterocycles. The summed E-state index contributed by atoms with van der Waals surface area (Å²) in [6.45, 7) is 8.52. The number of carbonyl (C=O) groups is 2. The van der Waals surface area contributed by atoms with Crippen LogP contribution in [-0.4, -0.2) is 30.5 Å². The fourth-order valence-corrected chi connectivity index (χ4v) is 4.43. The molecule has 0 aromatic heterocycles. The molecule has 0 bridgehead atoms. The van der Waals surface area contributed by atoms with Crippen LogP contribution in [0.1, 0.15) is 42.1 Å². The van der Waals surface area contributed by atoms with Crippen molar-refractivity contribution in [3.63, 3.8) is 0 Å². The molecule has 6 heteroatoms. The van der Waals surface area contributed by atoms with Crippen molar-refractivity contribution in [1.29, 1.82) is 0 Å². The molecule has 0 saturated carbocycles. The van der Waals surface area contributed by atoms with Crippen LogP contribution >= 0.6 is 0 Å². The Hall–Kier alpha value is -4.06. The number of benzene rings is 3. The second-order valence-corrected chi connectivity index (χ2v) is 9.44. The van der Waals surface area contributed by atoms with Crippen molar-refractivity contribution in [2.24, 2.45) is 5.92 Å². The van der Waals surface area contributed by atoms with Gasteiger partial charge in [-0.2, -0.15) is 0 Å². The molecule has 1 amide bonds. The molecule has 0 spiro atoms. The number of aliphatic hydroxyl groups excluding tert-OH is 1. The molecular weight excluding hydrogens is 454 g/mol. The first kappa shape index (κ1) is 25.0. The van der Waals surface area contributed by atoms with Gasteiger partial charge >= 0.3 is 0 Å². The standard InChI is InChI=1S/C30H31NO5/c1-18(2)17-36-24-14-13-21(16-20(24)4)28(32)26-27(23-11-6-7-12-25(23)35-5)31(30(34)29(26)33)22-10-8-9-19(3)15-22/h6-16,18,27,32H,17H2,1-5H3/b28-26+. The summed E-state index contributed by atoms with van der Waals surface area (Å²) >= 11 is 0. The normalized spacial score (nSPS) is 17.1. The summed E-state index contributed by atoms with van der Waals surface area (Å²) in [7, 11) is 1.54. The van der Waals surface area contributed by atoms with Crippen LogP contribution in [0.3, 0.4) is 0 Å². The number of carbonyl (C=O) groups excluding carboxylic acids is 2. The number of anilines is 1. The van der Waals surface area contributed by atoms with Crippen LogP contribution in [0.2, 0.25) is 0 Å². The van der Waals surface area contributed by atoms with E-state index in [0.29, 0.717) is 40.8 Å². The van der Waals surface area contributed by atoms with Gasteiger partial charge in [0, 0.05) is 16.8 Å². The van der Waals surface area contributed by atoms with Gasteiger partial charge in [0.05, 0.1) is 25.3 Å². The molecule has 0 aliphatic carbocycles. The third-order valence-electron chi connectivity index (χ3n) is 6.18. The second-order valence-electron chi connectivity index (χ2n) is 9.44. The molecule has 3 aromatic rings. The average molecular weight is 486 g/mol. The Morgan fingerprint density at radius 1 is 0.972 bits per heavy atom. The molecule has 1 heterocycles. The molecular formula is C30H31NO5. The number of ketones is 1. The largest absolute Gasteiger partial charge is 0.507 e. The van der Waals surface area contributed by atoms with Crippen LogP contribution in [0.4, 0.5) is 5.69 Å². The predicted octanol–water partition coefficient (Wildman–Crippen LogP) is 5.97. The van der Waals surface area contributed by atoms with E-state index >= 15 is 0 Å². The fourth-order valence-electron chi connectivity index (χ4n) is 4.43. The molecule has 1 unspecified atom stereocenters. The molecule has 1 fully saturated rings. The maximum atomic E-state index is 13.4. The SMILES string of the molecule is COc1ccccc1C1/C(=C(\O)c2ccc(OCC(C)C)c(C)c2)C(=O)C(=O)N1c1cccc(C)c1. The van der Waals surface area contributed by atoms with Crippen LogP contribution in [0.15, 0.2) is 72.3 Å². The van der Waals surface area contributed by atoms with Gasteiger partial charge in [-0.05, 0) is 67.3 Å². The average Bonchev–Trinajstić information content (AvgIpc) is 3.12. The van der Waals surface area contributed by atoms with Crippen molar-refractivity contribution >= 4 is 23.1 Å². The summed E-state index contributed by atoms with van der Waals surface area (Å²) in [5.41, 5.74) is 3.39. The Morgan fingerprint density at radius 3 is 2.39 bits per heavy atom. The number of Topliss-reactive ketones (excluding diaryl/α,β-unsaturated/α-hetero) is 1. The molecule has 6 nitrogen and oxygen atoms in total. The van der Waals surface area contributed by atoms with E-state index in [1.165, 1.54) is 12.0 Å². The summed E-state index contributed by atoms with van der Waals surface area (Å²) in [5, 5.41) is 11.5. The first-order valence-electron chi connectivity index (χ1n) is 12.0. The zero-order chi connectivity index (χ0) is 26.0. The molecule has 36 heavy (non-hydrogen) atoms. The fraction of sp³-hybridized carbons (Fsp3) is 0.267. The first-order chi connectivity index (χ1) is 17.2. The number of aryl methyl sites for hydroxylation is 2. The zero-order valence-corrected chi connectivity index (χ0v) is 21.2. The van der Waals surface area contributed by atoms with Gasteiger partial charge in [0.2, 0.25) is 0 Å². The van der Waals surface area contributed by atoms with Crippen molar-refractivity contribution in [2.75, 3.05) is 18.6 Å². The third kappa shape index (κ3) is 4.71. The van der Waals surface area contributed by atoms with E-state index in [4.69, 9.17) is 9.47 Å². The molecule has 1 aliphatic rings. The quantitative estimate of drug-likeness (QED) is 0.253. The van der Waals surface area contributed by atoms with Crippen molar-refractivity contribution < 1.29 is 24.2 Å². The van der Waals surface area contributed by atoms with E-state index in [9.17, 15) is 14.7 Å². The highest BCUT2D eigenvalue weighted by molar-refractivity contribution is 6.51. The minimum atomic E-state index is -0.861. The third-order valence-corrected chi connectivity index (χ3v) is 6.18.